The Balaban J connectivity index is 1.27. The molecular weight excluding hydrogens is 482 g/mol. The highest BCUT2D eigenvalue weighted by molar-refractivity contribution is 5.66. The van der Waals surface area contributed by atoms with Gasteiger partial charge in [0.15, 0.2) is 0 Å². The first-order chi connectivity index (χ1) is 19.1. The van der Waals surface area contributed by atoms with Crippen LogP contribution in [0.1, 0.15) is 39.0 Å². The molecule has 0 bridgehead atoms. The van der Waals surface area contributed by atoms with E-state index in [2.05, 4.69) is 51.6 Å². The average molecular weight is 520 g/mol. The zero-order chi connectivity index (χ0) is 27.3. The number of azo groups is 2. The normalized spacial score (nSPS) is 11.4. The van der Waals surface area contributed by atoms with E-state index in [-0.39, 0.29) is 0 Å². The van der Waals surface area contributed by atoms with Gasteiger partial charge in [-0.25, -0.2) is 0 Å². The summed E-state index contributed by atoms with van der Waals surface area (Å²) in [7, 11) is 4.02. The fraction of sp³-hybridized carbons (Fsp3) is 0.273. The zero-order valence-corrected chi connectivity index (χ0v) is 23.1. The molecule has 6 nitrogen and oxygen atoms in total. The van der Waals surface area contributed by atoms with Crippen molar-refractivity contribution < 1.29 is 4.74 Å². The summed E-state index contributed by atoms with van der Waals surface area (Å²) in [5, 5.41) is 17.4. The molecule has 0 saturated carbocycles. The second-order valence-corrected chi connectivity index (χ2v) is 9.66. The van der Waals surface area contributed by atoms with Gasteiger partial charge in [-0.2, -0.15) is 20.5 Å². The van der Waals surface area contributed by atoms with Crippen molar-refractivity contribution in [2.75, 3.05) is 25.6 Å². The standard InChI is InChI=1S/C33H37N5O/c1-4-5-6-7-8-25-39-33-23-11-27(12-24-33)26-9-13-28(14-10-26)34-35-29-15-17-30(18-16-29)36-37-31-19-21-32(22-20-31)38(2)3/h9-24H,4-8,25H2,1-3H3. The minimum absolute atomic E-state index is 0.759. The molecule has 0 unspecified atom stereocenters. The molecule has 0 aromatic heterocycles. The van der Waals surface area contributed by atoms with Crippen LogP contribution in [-0.2, 0) is 0 Å². The van der Waals surface area contributed by atoms with Crippen molar-refractivity contribution in [2.24, 2.45) is 20.5 Å². The first-order valence-electron chi connectivity index (χ1n) is 13.6. The summed E-state index contributed by atoms with van der Waals surface area (Å²) in [6.07, 6.45) is 6.21. The molecule has 200 valence electrons. The Hall–Kier alpha value is -4.32. The summed E-state index contributed by atoms with van der Waals surface area (Å²) in [4.78, 5) is 2.05. The van der Waals surface area contributed by atoms with Crippen LogP contribution < -0.4 is 9.64 Å². The van der Waals surface area contributed by atoms with Crippen LogP contribution >= 0.6 is 0 Å². The van der Waals surface area contributed by atoms with Crippen molar-refractivity contribution in [2.45, 2.75) is 39.0 Å². The van der Waals surface area contributed by atoms with Gasteiger partial charge >= 0.3 is 0 Å². The number of hydrogen-bond acceptors (Lipinski definition) is 6. The van der Waals surface area contributed by atoms with Crippen molar-refractivity contribution in [1.82, 2.24) is 0 Å². The monoisotopic (exact) mass is 519 g/mol. The highest BCUT2D eigenvalue weighted by Crippen LogP contribution is 2.27. The highest BCUT2D eigenvalue weighted by atomic mass is 16.5. The van der Waals surface area contributed by atoms with Crippen LogP contribution in [0.25, 0.3) is 11.1 Å². The molecule has 0 amide bonds. The molecule has 0 N–H and O–H groups in total. The summed E-state index contributed by atoms with van der Waals surface area (Å²) in [6, 6.07) is 31.8. The molecule has 4 aromatic rings. The first-order valence-corrected chi connectivity index (χ1v) is 13.6. The van der Waals surface area contributed by atoms with Gasteiger partial charge in [-0.3, -0.25) is 0 Å². The Morgan fingerprint density at radius 2 is 0.923 bits per heavy atom. The predicted octanol–water partition coefficient (Wildman–Crippen LogP) is 10.6. The average Bonchev–Trinajstić information content (AvgIpc) is 2.98. The molecule has 4 aromatic carbocycles. The highest BCUT2D eigenvalue weighted by Gasteiger charge is 2.01. The Labute approximate surface area is 232 Å². The van der Waals surface area contributed by atoms with E-state index in [9.17, 15) is 0 Å². The molecule has 0 aliphatic heterocycles. The van der Waals surface area contributed by atoms with Gasteiger partial charge in [0.25, 0.3) is 0 Å². The molecule has 0 atom stereocenters. The van der Waals surface area contributed by atoms with E-state index in [1.807, 2.05) is 91.8 Å². The van der Waals surface area contributed by atoms with Crippen molar-refractivity contribution in [3.63, 3.8) is 0 Å². The van der Waals surface area contributed by atoms with Crippen molar-refractivity contribution in [1.29, 1.82) is 0 Å². The van der Waals surface area contributed by atoms with E-state index >= 15 is 0 Å². The number of hydrogen-bond donors (Lipinski definition) is 0. The van der Waals surface area contributed by atoms with Gasteiger partial charge in [0.2, 0.25) is 0 Å². The second-order valence-electron chi connectivity index (χ2n) is 9.66. The zero-order valence-electron chi connectivity index (χ0n) is 23.1. The molecule has 0 heterocycles. The minimum Gasteiger partial charge on any atom is -0.494 e. The Morgan fingerprint density at radius 1 is 0.513 bits per heavy atom. The Morgan fingerprint density at radius 3 is 1.38 bits per heavy atom. The van der Waals surface area contributed by atoms with Crippen LogP contribution in [0.2, 0.25) is 0 Å². The Kier molecular flexibility index (Phi) is 10.4. The van der Waals surface area contributed by atoms with E-state index in [4.69, 9.17) is 4.74 Å². The number of anilines is 1. The molecular formula is C33H37N5O. The summed E-state index contributed by atoms with van der Waals surface area (Å²) < 4.78 is 5.88. The smallest absolute Gasteiger partial charge is 0.119 e. The van der Waals surface area contributed by atoms with Crippen LogP contribution in [0.15, 0.2) is 118 Å². The molecule has 39 heavy (non-hydrogen) atoms. The molecule has 0 fully saturated rings. The lowest BCUT2D eigenvalue weighted by Crippen LogP contribution is -2.07. The SMILES string of the molecule is CCCCCCCOc1ccc(-c2ccc(N=Nc3ccc(N=Nc4ccc(N(C)C)cc4)cc3)cc2)cc1. The summed E-state index contributed by atoms with van der Waals surface area (Å²) in [6.45, 7) is 3.01. The third kappa shape index (κ3) is 8.88. The first kappa shape index (κ1) is 27.7. The fourth-order valence-corrected chi connectivity index (χ4v) is 3.99. The van der Waals surface area contributed by atoms with Crippen molar-refractivity contribution in [3.8, 4) is 16.9 Å². The molecule has 0 radical (unpaired) electrons. The molecule has 0 spiro atoms. The number of ether oxygens (including phenoxy) is 1. The summed E-state index contributed by atoms with van der Waals surface area (Å²) in [5.41, 5.74) is 6.53. The topological polar surface area (TPSA) is 61.9 Å². The van der Waals surface area contributed by atoms with Crippen LogP contribution in [0.4, 0.5) is 28.4 Å². The maximum absolute atomic E-state index is 5.88. The van der Waals surface area contributed by atoms with Crippen LogP contribution in [0, 0.1) is 0 Å². The van der Waals surface area contributed by atoms with Crippen molar-refractivity contribution >= 4 is 28.4 Å². The van der Waals surface area contributed by atoms with E-state index in [0.717, 1.165) is 58.3 Å². The lowest BCUT2D eigenvalue weighted by molar-refractivity contribution is 0.304. The molecule has 6 heteroatoms. The lowest BCUT2D eigenvalue weighted by atomic mass is 10.1. The fourth-order valence-electron chi connectivity index (χ4n) is 3.99. The Bertz CT molecular complexity index is 1330. The van der Waals surface area contributed by atoms with Gasteiger partial charge in [-0.15, -0.1) is 0 Å². The maximum Gasteiger partial charge on any atom is 0.119 e. The minimum atomic E-state index is 0.759. The number of rotatable bonds is 13. The third-order valence-corrected chi connectivity index (χ3v) is 6.35. The maximum atomic E-state index is 5.88. The largest absolute Gasteiger partial charge is 0.494 e. The third-order valence-electron chi connectivity index (χ3n) is 6.35. The summed E-state index contributed by atoms with van der Waals surface area (Å²) in [5.74, 6) is 0.922. The predicted molar refractivity (Wildman–Crippen MR) is 162 cm³/mol. The van der Waals surface area contributed by atoms with Gasteiger partial charge < -0.3 is 9.64 Å². The van der Waals surface area contributed by atoms with E-state index in [1.54, 1.807) is 0 Å². The van der Waals surface area contributed by atoms with Gasteiger partial charge in [0.1, 0.15) is 5.75 Å². The van der Waals surface area contributed by atoms with E-state index in [1.165, 1.54) is 25.7 Å². The second kappa shape index (κ2) is 14.6. The van der Waals surface area contributed by atoms with Gasteiger partial charge in [-0.05, 0) is 90.3 Å². The van der Waals surface area contributed by atoms with E-state index in [0.29, 0.717) is 0 Å². The number of unbranched alkanes of at least 4 members (excludes halogenated alkanes) is 4. The van der Waals surface area contributed by atoms with Crippen LogP contribution in [-0.4, -0.2) is 20.7 Å². The molecule has 0 aliphatic carbocycles. The van der Waals surface area contributed by atoms with Crippen molar-refractivity contribution in [3.05, 3.63) is 97.1 Å². The van der Waals surface area contributed by atoms with Crippen LogP contribution in [0.5, 0.6) is 5.75 Å². The van der Waals surface area contributed by atoms with E-state index < -0.39 is 0 Å². The lowest BCUT2D eigenvalue weighted by Gasteiger charge is -2.11. The molecule has 4 rings (SSSR count). The van der Waals surface area contributed by atoms with Gasteiger partial charge in [0.05, 0.1) is 29.4 Å². The molecule has 0 aliphatic rings. The van der Waals surface area contributed by atoms with Gasteiger partial charge in [-0.1, -0.05) is 56.9 Å². The quantitative estimate of drug-likeness (QED) is 0.130. The van der Waals surface area contributed by atoms with Crippen LogP contribution in [0.3, 0.4) is 0 Å². The molecule has 0 saturated heterocycles. The number of benzene rings is 4. The number of nitrogens with zero attached hydrogens (tertiary/aromatic N) is 5. The van der Waals surface area contributed by atoms with Gasteiger partial charge in [0, 0.05) is 19.8 Å². The summed E-state index contributed by atoms with van der Waals surface area (Å²) >= 11 is 0.